The van der Waals surface area contributed by atoms with Crippen LogP contribution in [0.15, 0.2) is 25.3 Å². The van der Waals surface area contributed by atoms with E-state index >= 15 is 0 Å². The molecule has 1 spiro atoms. The van der Waals surface area contributed by atoms with Crippen molar-refractivity contribution in [2.75, 3.05) is 19.8 Å². The second-order valence-corrected chi connectivity index (χ2v) is 14.8. The Labute approximate surface area is 247 Å². The van der Waals surface area contributed by atoms with Crippen LogP contribution in [0.4, 0.5) is 0 Å². The van der Waals surface area contributed by atoms with Gasteiger partial charge >= 0.3 is 5.97 Å². The van der Waals surface area contributed by atoms with Crippen LogP contribution < -0.4 is 0 Å². The molecule has 8 heteroatoms. The van der Waals surface area contributed by atoms with E-state index in [1.54, 1.807) is 17.1 Å². The van der Waals surface area contributed by atoms with E-state index in [4.69, 9.17) is 9.47 Å². The molecule has 3 rings (SSSR count). The number of aliphatic hydroxyl groups is 1. The molecule has 1 N–H and O–H groups in total. The van der Waals surface area contributed by atoms with Crippen LogP contribution in [0.25, 0.3) is 0 Å². The Hall–Kier alpha value is -2.19. The average Bonchev–Trinajstić information content (AvgIpc) is 3.42. The maximum atomic E-state index is 14.9. The molecule has 2 amide bonds. The Morgan fingerprint density at radius 2 is 1.85 bits per heavy atom. The second-order valence-electron chi connectivity index (χ2n) is 14.8. The SMILES string of the molecule is C=CCCCOC(=O)[C@@H]1[C@H]2C(=O)N([C@@H](CO)CC(C)C)C(C(=O)N(CC=C)C(C)(C)CC(C)(C)C)C23CC[C@@]1(C)O3. The second kappa shape index (κ2) is 12.2. The van der Waals surface area contributed by atoms with Crippen molar-refractivity contribution in [2.45, 2.75) is 123 Å². The fourth-order valence-corrected chi connectivity index (χ4v) is 8.01. The van der Waals surface area contributed by atoms with E-state index in [1.807, 2.05) is 39.5 Å². The first kappa shape index (κ1) is 33.3. The van der Waals surface area contributed by atoms with Crippen molar-refractivity contribution in [3.63, 3.8) is 0 Å². The molecule has 3 aliphatic rings. The lowest BCUT2D eigenvalue weighted by Crippen LogP contribution is -2.62. The van der Waals surface area contributed by atoms with Gasteiger partial charge in [0.15, 0.2) is 0 Å². The monoisotopic (exact) mass is 574 g/mol. The summed E-state index contributed by atoms with van der Waals surface area (Å²) < 4.78 is 12.5. The molecule has 3 aliphatic heterocycles. The lowest BCUT2D eigenvalue weighted by molar-refractivity contribution is -0.163. The predicted octanol–water partition coefficient (Wildman–Crippen LogP) is 4.90. The quantitative estimate of drug-likeness (QED) is 0.180. The molecule has 41 heavy (non-hydrogen) atoms. The van der Waals surface area contributed by atoms with E-state index < -0.39 is 46.6 Å². The van der Waals surface area contributed by atoms with Gasteiger partial charge in [0.2, 0.25) is 11.8 Å². The minimum absolute atomic E-state index is 0.0588. The third-order valence-corrected chi connectivity index (χ3v) is 9.12. The molecule has 0 saturated carbocycles. The molecule has 2 bridgehead atoms. The molecule has 0 aliphatic carbocycles. The molecule has 8 nitrogen and oxygen atoms in total. The molecular weight excluding hydrogens is 520 g/mol. The summed E-state index contributed by atoms with van der Waals surface area (Å²) in [5.41, 5.74) is -2.69. The van der Waals surface area contributed by atoms with Crippen LogP contribution in [-0.4, -0.2) is 81.3 Å². The fraction of sp³-hybridized carbons (Fsp3) is 0.788. The highest BCUT2D eigenvalue weighted by Gasteiger charge is 2.79. The molecule has 0 radical (unpaired) electrons. The van der Waals surface area contributed by atoms with Gasteiger partial charge in [-0.05, 0) is 70.6 Å². The summed E-state index contributed by atoms with van der Waals surface area (Å²) >= 11 is 0. The fourth-order valence-electron chi connectivity index (χ4n) is 8.01. The summed E-state index contributed by atoms with van der Waals surface area (Å²) in [6.07, 6.45) is 7.14. The summed E-state index contributed by atoms with van der Waals surface area (Å²) in [6, 6.07) is -1.54. The van der Waals surface area contributed by atoms with Crippen molar-refractivity contribution in [3.05, 3.63) is 25.3 Å². The summed E-state index contributed by atoms with van der Waals surface area (Å²) in [4.78, 5) is 46.3. The van der Waals surface area contributed by atoms with Crippen molar-refractivity contribution in [1.82, 2.24) is 9.80 Å². The van der Waals surface area contributed by atoms with Crippen molar-refractivity contribution in [2.24, 2.45) is 23.2 Å². The van der Waals surface area contributed by atoms with Crippen molar-refractivity contribution >= 4 is 17.8 Å². The zero-order valence-corrected chi connectivity index (χ0v) is 26.7. The number of likely N-dealkylation sites (tertiary alicyclic amines) is 1. The molecule has 6 atom stereocenters. The number of allylic oxidation sites excluding steroid dienone is 1. The Kier molecular flexibility index (Phi) is 9.91. The van der Waals surface area contributed by atoms with Crippen molar-refractivity contribution < 1.29 is 29.0 Å². The van der Waals surface area contributed by atoms with Gasteiger partial charge < -0.3 is 24.4 Å². The number of rotatable bonds is 14. The zero-order chi connectivity index (χ0) is 31.0. The van der Waals surface area contributed by atoms with Crippen molar-refractivity contribution in [1.29, 1.82) is 0 Å². The maximum Gasteiger partial charge on any atom is 0.312 e. The summed E-state index contributed by atoms with van der Waals surface area (Å²) in [7, 11) is 0. The topological polar surface area (TPSA) is 96.4 Å². The van der Waals surface area contributed by atoms with Crippen LogP contribution >= 0.6 is 0 Å². The van der Waals surface area contributed by atoms with E-state index in [2.05, 4.69) is 33.9 Å². The van der Waals surface area contributed by atoms with E-state index in [9.17, 15) is 19.5 Å². The highest BCUT2D eigenvalue weighted by Crippen LogP contribution is 2.64. The minimum Gasteiger partial charge on any atom is -0.465 e. The zero-order valence-electron chi connectivity index (χ0n) is 26.7. The number of carbonyl (C=O) groups is 3. The van der Waals surface area contributed by atoms with Gasteiger partial charge in [-0.3, -0.25) is 14.4 Å². The standard InChI is InChI=1S/C33H54N2O6/c1-11-13-14-18-40-29(39)25-24-27(37)35(23(20-36)19-22(3)4)26(33(24)16-15-32(25,10)41-33)28(38)34(17-12-2)31(8,9)21-30(5,6)7/h11-12,22-26,36H,1-2,13-21H2,3-10H3/t23-,24+,25+,26?,32-,33?/m1/s1. The number of nitrogens with zero attached hydrogens (tertiary/aromatic N) is 2. The number of hydrogen-bond donors (Lipinski definition) is 1. The van der Waals surface area contributed by atoms with Gasteiger partial charge in [-0.15, -0.1) is 13.2 Å². The van der Waals surface area contributed by atoms with Crippen LogP contribution in [0.5, 0.6) is 0 Å². The van der Waals surface area contributed by atoms with E-state index in [1.165, 1.54) is 0 Å². The smallest absolute Gasteiger partial charge is 0.312 e. The predicted molar refractivity (Wildman–Crippen MR) is 160 cm³/mol. The van der Waals surface area contributed by atoms with Gasteiger partial charge in [0.25, 0.3) is 0 Å². The number of amides is 2. The molecule has 3 heterocycles. The van der Waals surface area contributed by atoms with Gasteiger partial charge in [-0.1, -0.05) is 46.8 Å². The van der Waals surface area contributed by atoms with E-state index in [0.717, 1.165) is 12.8 Å². The number of unbranched alkanes of at least 4 members (excludes halogenated alkanes) is 1. The van der Waals surface area contributed by atoms with Gasteiger partial charge in [-0.2, -0.15) is 0 Å². The molecular formula is C33H54N2O6. The minimum atomic E-state index is -1.17. The molecule has 2 unspecified atom stereocenters. The number of aliphatic hydroxyl groups excluding tert-OH is 1. The largest absolute Gasteiger partial charge is 0.465 e. The first-order valence-corrected chi connectivity index (χ1v) is 15.3. The number of hydrogen-bond acceptors (Lipinski definition) is 6. The third-order valence-electron chi connectivity index (χ3n) is 9.12. The van der Waals surface area contributed by atoms with Crippen LogP contribution in [0.2, 0.25) is 0 Å². The van der Waals surface area contributed by atoms with Crippen LogP contribution in [0.3, 0.4) is 0 Å². The van der Waals surface area contributed by atoms with E-state index in [-0.39, 0.29) is 36.4 Å². The highest BCUT2D eigenvalue weighted by atomic mass is 16.6. The average molecular weight is 575 g/mol. The molecule has 232 valence electrons. The maximum absolute atomic E-state index is 14.9. The third kappa shape index (κ3) is 6.29. The Bertz CT molecular complexity index is 1020. The lowest BCUT2D eigenvalue weighted by atomic mass is 9.66. The Morgan fingerprint density at radius 3 is 2.39 bits per heavy atom. The highest BCUT2D eigenvalue weighted by molar-refractivity contribution is 5.99. The summed E-state index contributed by atoms with van der Waals surface area (Å²) in [5, 5.41) is 10.6. The normalized spacial score (nSPS) is 30.0. The lowest BCUT2D eigenvalue weighted by Gasteiger charge is -2.46. The number of ether oxygens (including phenoxy) is 2. The first-order chi connectivity index (χ1) is 19.0. The molecule has 0 aromatic carbocycles. The van der Waals surface area contributed by atoms with Gasteiger partial charge in [-0.25, -0.2) is 0 Å². The Morgan fingerprint density at radius 1 is 1.20 bits per heavy atom. The van der Waals surface area contributed by atoms with Gasteiger partial charge in [0.1, 0.15) is 17.6 Å². The molecule has 0 aromatic heterocycles. The first-order valence-electron chi connectivity index (χ1n) is 15.3. The van der Waals surface area contributed by atoms with E-state index in [0.29, 0.717) is 32.2 Å². The van der Waals surface area contributed by atoms with Gasteiger partial charge in [0.05, 0.1) is 30.8 Å². The number of esters is 1. The Balaban J connectivity index is 2.12. The summed E-state index contributed by atoms with van der Waals surface area (Å²) in [6.45, 7) is 24.4. The van der Waals surface area contributed by atoms with Crippen LogP contribution in [-0.2, 0) is 23.9 Å². The molecule has 3 fully saturated rings. The van der Waals surface area contributed by atoms with Gasteiger partial charge in [0, 0.05) is 12.1 Å². The molecule has 3 saturated heterocycles. The van der Waals surface area contributed by atoms with Crippen LogP contribution in [0, 0.1) is 23.2 Å². The number of fused-ring (bicyclic) bond motifs is 1. The number of carbonyl (C=O) groups excluding carboxylic acids is 3. The molecule has 0 aromatic rings. The van der Waals surface area contributed by atoms with Crippen molar-refractivity contribution in [3.8, 4) is 0 Å². The van der Waals surface area contributed by atoms with Crippen LogP contribution in [0.1, 0.15) is 93.9 Å². The summed E-state index contributed by atoms with van der Waals surface area (Å²) in [5.74, 6) is -2.46.